The molecule has 1 aromatic heterocycles. The Kier molecular flexibility index (Phi) is 4.15. The summed E-state index contributed by atoms with van der Waals surface area (Å²) in [6.07, 6.45) is 0. The molecule has 1 heterocycles. The molecule has 2 aromatic rings. The molecule has 0 radical (unpaired) electrons. The number of benzene rings is 1. The van der Waals surface area contributed by atoms with Crippen molar-refractivity contribution >= 4 is 28.6 Å². The van der Waals surface area contributed by atoms with Crippen molar-refractivity contribution in [2.75, 3.05) is 5.32 Å². The lowest BCUT2D eigenvalue weighted by molar-refractivity contribution is -0.384. The summed E-state index contributed by atoms with van der Waals surface area (Å²) >= 11 is 1.24. The fourth-order valence-electron chi connectivity index (χ4n) is 1.53. The highest BCUT2D eigenvalue weighted by atomic mass is 32.1. The van der Waals surface area contributed by atoms with Gasteiger partial charge in [0.1, 0.15) is 16.5 Å². The highest BCUT2D eigenvalue weighted by Gasteiger charge is 2.16. The average Bonchev–Trinajstić information content (AvgIpc) is 2.90. The van der Waals surface area contributed by atoms with Crippen LogP contribution in [0.15, 0.2) is 23.6 Å². The number of phenolic OH excluding ortho intramolecular Hbond substituents is 1. The lowest BCUT2D eigenvalue weighted by Crippen LogP contribution is -2.13. The first kappa shape index (κ1) is 14.9. The Labute approximate surface area is 123 Å². The Morgan fingerprint density at radius 2 is 2.29 bits per heavy atom. The number of hydrogen-bond acceptors (Lipinski definition) is 7. The number of amides is 1. The molecule has 0 spiro atoms. The van der Waals surface area contributed by atoms with E-state index in [0.29, 0.717) is 5.01 Å². The Balaban J connectivity index is 2.22. The molecule has 0 fully saturated rings. The van der Waals surface area contributed by atoms with Crippen LogP contribution in [0.5, 0.6) is 5.75 Å². The van der Waals surface area contributed by atoms with E-state index in [-0.39, 0.29) is 28.9 Å². The number of anilines is 1. The number of phenols is 1. The minimum Gasteiger partial charge on any atom is -0.506 e. The van der Waals surface area contributed by atoms with Crippen molar-refractivity contribution in [3.63, 3.8) is 0 Å². The van der Waals surface area contributed by atoms with Crippen LogP contribution in [0.1, 0.15) is 28.5 Å². The van der Waals surface area contributed by atoms with E-state index >= 15 is 0 Å². The molecule has 8 nitrogen and oxygen atoms in total. The van der Waals surface area contributed by atoms with Crippen LogP contribution >= 0.6 is 11.3 Å². The largest absolute Gasteiger partial charge is 0.506 e. The Bertz CT molecular complexity index is 698. The van der Waals surface area contributed by atoms with Gasteiger partial charge in [0.25, 0.3) is 11.6 Å². The number of aromatic hydroxyl groups is 1. The quantitative estimate of drug-likeness (QED) is 0.450. The van der Waals surface area contributed by atoms with E-state index in [1.807, 2.05) is 0 Å². The van der Waals surface area contributed by atoms with Crippen molar-refractivity contribution in [1.29, 1.82) is 0 Å². The maximum Gasteiger partial charge on any atom is 0.275 e. The number of nitrogens with two attached hydrogens (primary N) is 1. The molecule has 0 aliphatic heterocycles. The normalized spacial score (nSPS) is 11.9. The van der Waals surface area contributed by atoms with Crippen LogP contribution < -0.4 is 11.1 Å². The zero-order chi connectivity index (χ0) is 15.6. The zero-order valence-electron chi connectivity index (χ0n) is 10.9. The number of hydrogen-bond donors (Lipinski definition) is 3. The van der Waals surface area contributed by atoms with Gasteiger partial charge in [-0.05, 0) is 13.0 Å². The van der Waals surface area contributed by atoms with Gasteiger partial charge in [0.05, 0.1) is 16.7 Å². The second-order valence-electron chi connectivity index (χ2n) is 4.27. The third-order valence-electron chi connectivity index (χ3n) is 2.58. The molecule has 0 aliphatic carbocycles. The maximum absolute atomic E-state index is 12.0. The number of carbonyl (C=O) groups excluding carboxylic acids is 1. The van der Waals surface area contributed by atoms with Gasteiger partial charge >= 0.3 is 0 Å². The summed E-state index contributed by atoms with van der Waals surface area (Å²) in [6, 6.07) is 3.07. The number of nitrogens with zero attached hydrogens (tertiary/aromatic N) is 2. The molecule has 21 heavy (non-hydrogen) atoms. The van der Waals surface area contributed by atoms with Crippen LogP contribution in [0.25, 0.3) is 0 Å². The molecule has 1 atom stereocenters. The monoisotopic (exact) mass is 308 g/mol. The van der Waals surface area contributed by atoms with E-state index in [9.17, 15) is 20.0 Å². The Morgan fingerprint density at radius 1 is 1.57 bits per heavy atom. The van der Waals surface area contributed by atoms with Crippen LogP contribution in [0.2, 0.25) is 0 Å². The fraction of sp³-hybridized carbons (Fsp3) is 0.167. The molecule has 0 aliphatic rings. The molecular formula is C12H12N4O4S. The van der Waals surface area contributed by atoms with E-state index in [2.05, 4.69) is 10.3 Å². The SMILES string of the molecule is CC(N)c1nc(C(=O)Nc2cc([N+](=O)[O-])ccc2O)cs1. The summed E-state index contributed by atoms with van der Waals surface area (Å²) < 4.78 is 0. The first-order valence-electron chi connectivity index (χ1n) is 5.88. The third-order valence-corrected chi connectivity index (χ3v) is 3.63. The minimum atomic E-state index is -0.619. The van der Waals surface area contributed by atoms with E-state index in [0.717, 1.165) is 18.2 Å². The molecule has 0 saturated carbocycles. The highest BCUT2D eigenvalue weighted by molar-refractivity contribution is 7.09. The summed E-state index contributed by atoms with van der Waals surface area (Å²) in [6.45, 7) is 1.74. The number of nitro groups is 1. The standard InChI is InChI=1S/C12H12N4O4S/c1-6(13)12-15-9(5-21-12)11(18)14-8-4-7(16(19)20)2-3-10(8)17/h2-6,17H,13H2,1H3,(H,14,18). The third kappa shape index (κ3) is 3.33. The molecule has 1 amide bonds. The van der Waals surface area contributed by atoms with E-state index in [1.165, 1.54) is 16.7 Å². The number of nitrogens with one attached hydrogen (secondary N) is 1. The molecule has 4 N–H and O–H groups in total. The molecule has 1 unspecified atom stereocenters. The van der Waals surface area contributed by atoms with Gasteiger partial charge in [0.15, 0.2) is 0 Å². The maximum atomic E-state index is 12.0. The van der Waals surface area contributed by atoms with Gasteiger partial charge in [-0.15, -0.1) is 11.3 Å². The number of carbonyl (C=O) groups is 1. The lowest BCUT2D eigenvalue weighted by Gasteiger charge is -2.05. The van der Waals surface area contributed by atoms with Crippen LogP contribution in [0.4, 0.5) is 11.4 Å². The van der Waals surface area contributed by atoms with Crippen LogP contribution in [0, 0.1) is 10.1 Å². The average molecular weight is 308 g/mol. The van der Waals surface area contributed by atoms with Gasteiger partial charge in [-0.1, -0.05) is 0 Å². The topological polar surface area (TPSA) is 131 Å². The van der Waals surface area contributed by atoms with Gasteiger partial charge < -0.3 is 16.2 Å². The highest BCUT2D eigenvalue weighted by Crippen LogP contribution is 2.28. The molecule has 1 aromatic carbocycles. The summed E-state index contributed by atoms with van der Waals surface area (Å²) in [5, 5.41) is 24.8. The minimum absolute atomic E-state index is 0.0513. The molecule has 9 heteroatoms. The van der Waals surface area contributed by atoms with E-state index in [4.69, 9.17) is 5.73 Å². The summed E-state index contributed by atoms with van der Waals surface area (Å²) in [7, 11) is 0. The van der Waals surface area contributed by atoms with Gasteiger partial charge in [-0.25, -0.2) is 4.98 Å². The molecule has 2 rings (SSSR count). The fourth-order valence-corrected chi connectivity index (χ4v) is 2.28. The van der Waals surface area contributed by atoms with Crippen molar-refractivity contribution in [2.24, 2.45) is 5.73 Å². The molecule has 0 bridgehead atoms. The smallest absolute Gasteiger partial charge is 0.275 e. The van der Waals surface area contributed by atoms with Crippen LogP contribution in [-0.4, -0.2) is 20.9 Å². The van der Waals surface area contributed by atoms with Crippen molar-refractivity contribution in [3.8, 4) is 5.75 Å². The predicted octanol–water partition coefficient (Wildman–Crippen LogP) is 2.03. The van der Waals surface area contributed by atoms with Crippen LogP contribution in [-0.2, 0) is 0 Å². The molecule has 0 saturated heterocycles. The lowest BCUT2D eigenvalue weighted by atomic mass is 10.2. The van der Waals surface area contributed by atoms with Crippen LogP contribution in [0.3, 0.4) is 0 Å². The van der Waals surface area contributed by atoms with Gasteiger partial charge in [0.2, 0.25) is 0 Å². The summed E-state index contributed by atoms with van der Waals surface area (Å²) in [5.74, 6) is -0.842. The van der Waals surface area contributed by atoms with E-state index < -0.39 is 10.8 Å². The van der Waals surface area contributed by atoms with Crippen molar-refractivity contribution in [2.45, 2.75) is 13.0 Å². The summed E-state index contributed by atoms with van der Waals surface area (Å²) in [5.41, 5.74) is 5.51. The number of rotatable bonds is 4. The zero-order valence-corrected chi connectivity index (χ0v) is 11.8. The second-order valence-corrected chi connectivity index (χ2v) is 5.16. The van der Waals surface area contributed by atoms with Crippen molar-refractivity contribution in [3.05, 3.63) is 44.4 Å². The van der Waals surface area contributed by atoms with Gasteiger partial charge in [0, 0.05) is 17.5 Å². The Morgan fingerprint density at radius 3 is 2.86 bits per heavy atom. The summed E-state index contributed by atoms with van der Waals surface area (Å²) in [4.78, 5) is 26.1. The molecule has 110 valence electrons. The molecular weight excluding hydrogens is 296 g/mol. The van der Waals surface area contributed by atoms with Crippen molar-refractivity contribution < 1.29 is 14.8 Å². The number of nitro benzene ring substituents is 1. The van der Waals surface area contributed by atoms with Crippen molar-refractivity contribution in [1.82, 2.24) is 4.98 Å². The number of non-ortho nitro benzene ring substituents is 1. The number of aromatic nitrogens is 1. The second kappa shape index (κ2) is 5.85. The van der Waals surface area contributed by atoms with E-state index in [1.54, 1.807) is 6.92 Å². The number of thiazole rings is 1. The van der Waals surface area contributed by atoms with Gasteiger partial charge in [-0.3, -0.25) is 14.9 Å². The first-order valence-corrected chi connectivity index (χ1v) is 6.76. The Hall–Kier alpha value is -2.52. The first-order chi connectivity index (χ1) is 9.88. The predicted molar refractivity (Wildman–Crippen MR) is 77.4 cm³/mol. The van der Waals surface area contributed by atoms with Gasteiger partial charge in [-0.2, -0.15) is 0 Å².